The Labute approximate surface area is 135 Å². The van der Waals surface area contributed by atoms with Crippen LogP contribution in [-0.4, -0.2) is 27.4 Å². The summed E-state index contributed by atoms with van der Waals surface area (Å²) in [6.45, 7) is 10.2. The predicted molar refractivity (Wildman–Crippen MR) is 83.9 cm³/mol. The Bertz CT molecular complexity index is 688. The molecule has 2 aromatic rings. The molecule has 5 nitrogen and oxygen atoms in total. The monoisotopic (exact) mass is 323 g/mol. The van der Waals surface area contributed by atoms with Crippen molar-refractivity contribution in [3.63, 3.8) is 0 Å². The van der Waals surface area contributed by atoms with Gasteiger partial charge in [-0.15, -0.1) is 0 Å². The first-order chi connectivity index (χ1) is 10.2. The molecule has 2 rings (SSSR count). The molecule has 0 aliphatic heterocycles. The number of hydrogen-bond donors (Lipinski definition) is 1. The summed E-state index contributed by atoms with van der Waals surface area (Å²) in [5, 5.41) is 11.6. The van der Waals surface area contributed by atoms with Crippen molar-refractivity contribution in [1.82, 2.24) is 9.38 Å². The van der Waals surface area contributed by atoms with E-state index in [4.69, 9.17) is 11.6 Å². The van der Waals surface area contributed by atoms with Gasteiger partial charge in [-0.3, -0.25) is 4.40 Å². The number of aliphatic carboxylic acids is 1. The molecule has 120 valence electrons. The van der Waals surface area contributed by atoms with Gasteiger partial charge in [-0.25, -0.2) is 4.98 Å². The molecule has 0 bridgehead atoms. The average Bonchev–Trinajstić information content (AvgIpc) is 2.70. The zero-order valence-corrected chi connectivity index (χ0v) is 14.2. The van der Waals surface area contributed by atoms with Gasteiger partial charge in [0.25, 0.3) is 0 Å². The molecule has 0 radical (unpaired) electrons. The first-order valence-electron chi connectivity index (χ1n) is 7.42. The van der Waals surface area contributed by atoms with Gasteiger partial charge in [0.1, 0.15) is 17.9 Å². The number of carboxylic acids is 1. The molecule has 0 saturated carbocycles. The van der Waals surface area contributed by atoms with Crippen LogP contribution in [0.25, 0.3) is 5.65 Å². The van der Waals surface area contributed by atoms with E-state index in [2.05, 4.69) is 32.7 Å². The normalized spacial score (nSPS) is 13.5. The molecule has 1 atom stereocenters. The molecule has 0 aliphatic rings. The molecule has 0 fully saturated rings. The summed E-state index contributed by atoms with van der Waals surface area (Å²) in [5.41, 5.74) is 2.20. The Morgan fingerprint density at radius 1 is 1.41 bits per heavy atom. The van der Waals surface area contributed by atoms with E-state index in [0.29, 0.717) is 22.9 Å². The number of hydrogen-bond acceptors (Lipinski definition) is 3. The number of imidazole rings is 1. The second-order valence-corrected chi connectivity index (χ2v) is 6.95. The third kappa shape index (κ3) is 3.59. The van der Waals surface area contributed by atoms with E-state index < -0.39 is 5.97 Å². The summed E-state index contributed by atoms with van der Waals surface area (Å²) in [6, 6.07) is 3.55. The molecule has 22 heavy (non-hydrogen) atoms. The van der Waals surface area contributed by atoms with Crippen LogP contribution in [0.2, 0.25) is 5.02 Å². The van der Waals surface area contributed by atoms with E-state index >= 15 is 0 Å². The molecular weight excluding hydrogens is 302 g/mol. The van der Waals surface area contributed by atoms with Crippen LogP contribution in [0.5, 0.6) is 0 Å². The molecule has 0 spiro atoms. The Morgan fingerprint density at radius 3 is 2.64 bits per heavy atom. The Balaban J connectivity index is 2.52. The summed E-state index contributed by atoms with van der Waals surface area (Å²) in [4.78, 5) is 16.8. The first kappa shape index (κ1) is 16.8. The minimum atomic E-state index is -1.12. The highest BCUT2D eigenvalue weighted by Gasteiger charge is 2.26. The maximum atomic E-state index is 11.0. The van der Waals surface area contributed by atoms with Crippen molar-refractivity contribution in [2.45, 2.75) is 46.2 Å². The van der Waals surface area contributed by atoms with Crippen molar-refractivity contribution in [3.8, 4) is 0 Å². The van der Waals surface area contributed by atoms with Gasteiger partial charge in [0.2, 0.25) is 0 Å². The van der Waals surface area contributed by atoms with Crippen LogP contribution in [0, 0.1) is 0 Å². The van der Waals surface area contributed by atoms with Gasteiger partial charge in [-0.1, -0.05) is 11.6 Å². The summed E-state index contributed by atoms with van der Waals surface area (Å²) >= 11 is 6.08. The number of halogens is 1. The third-order valence-corrected chi connectivity index (χ3v) is 4.17. The van der Waals surface area contributed by atoms with Gasteiger partial charge in [-0.05, 0) is 39.8 Å². The van der Waals surface area contributed by atoms with Gasteiger partial charge in [0, 0.05) is 18.6 Å². The van der Waals surface area contributed by atoms with Crippen molar-refractivity contribution in [2.24, 2.45) is 0 Å². The van der Waals surface area contributed by atoms with Crippen molar-refractivity contribution in [2.75, 3.05) is 6.54 Å². The number of pyridine rings is 1. The second-order valence-electron chi connectivity index (χ2n) is 6.51. The number of quaternary nitrogens is 1. The fourth-order valence-electron chi connectivity index (χ4n) is 2.70. The van der Waals surface area contributed by atoms with Gasteiger partial charge in [-0.2, -0.15) is 0 Å². The molecule has 1 unspecified atom stereocenters. The molecule has 0 aromatic carbocycles. The Kier molecular flexibility index (Phi) is 4.78. The van der Waals surface area contributed by atoms with Crippen LogP contribution < -0.4 is 10.0 Å². The summed E-state index contributed by atoms with van der Waals surface area (Å²) in [6.07, 6.45) is 1.60. The fourth-order valence-corrected chi connectivity index (χ4v) is 2.86. The van der Waals surface area contributed by atoms with E-state index in [9.17, 15) is 9.90 Å². The van der Waals surface area contributed by atoms with E-state index in [1.165, 1.54) is 4.90 Å². The summed E-state index contributed by atoms with van der Waals surface area (Å²) < 4.78 is 1.89. The fraction of sp³-hybridized carbons (Fsp3) is 0.500. The number of nitrogens with zero attached hydrogens (tertiary/aromatic N) is 2. The standard InChI is InChI=1S/C16H22ClN3O2/c1-5-19(16(2,3)4)10-13-12(8-15(21)22)18-14-7-6-11(17)9-20(13)14/h6-7,9H,5,8,10H2,1-4H3,(H,21,22). The van der Waals surface area contributed by atoms with Crippen LogP contribution in [0.3, 0.4) is 0 Å². The molecule has 1 N–H and O–H groups in total. The number of nitrogens with one attached hydrogen (secondary N) is 1. The zero-order valence-electron chi connectivity index (χ0n) is 13.4. The lowest BCUT2D eigenvalue weighted by Crippen LogP contribution is -3.17. The van der Waals surface area contributed by atoms with E-state index in [0.717, 1.165) is 12.2 Å². The highest BCUT2D eigenvalue weighted by atomic mass is 35.5. The van der Waals surface area contributed by atoms with E-state index in [-0.39, 0.29) is 12.0 Å². The largest absolute Gasteiger partial charge is 0.550 e. The molecule has 0 saturated heterocycles. The maximum Gasteiger partial charge on any atom is 0.137 e. The van der Waals surface area contributed by atoms with Crippen molar-refractivity contribution < 1.29 is 14.8 Å². The molecule has 2 heterocycles. The topological polar surface area (TPSA) is 61.9 Å². The van der Waals surface area contributed by atoms with Gasteiger partial charge < -0.3 is 14.8 Å². The van der Waals surface area contributed by atoms with Crippen molar-refractivity contribution in [1.29, 1.82) is 0 Å². The third-order valence-electron chi connectivity index (χ3n) is 3.94. The lowest BCUT2D eigenvalue weighted by molar-refractivity contribution is -0.958. The van der Waals surface area contributed by atoms with Crippen molar-refractivity contribution >= 4 is 23.2 Å². The number of aromatic nitrogens is 2. The van der Waals surface area contributed by atoms with Gasteiger partial charge >= 0.3 is 0 Å². The van der Waals surface area contributed by atoms with Crippen LogP contribution in [0.15, 0.2) is 18.3 Å². The van der Waals surface area contributed by atoms with Crippen LogP contribution in [0.1, 0.15) is 39.1 Å². The smallest absolute Gasteiger partial charge is 0.137 e. The molecule has 6 heteroatoms. The Hall–Kier alpha value is -1.59. The van der Waals surface area contributed by atoms with Crippen LogP contribution in [-0.2, 0) is 17.8 Å². The van der Waals surface area contributed by atoms with E-state index in [1.807, 2.05) is 4.40 Å². The minimum absolute atomic E-state index is 0.0518. The zero-order chi connectivity index (χ0) is 16.5. The summed E-state index contributed by atoms with van der Waals surface area (Å²) in [5.74, 6) is -1.12. The maximum absolute atomic E-state index is 11.0. The number of carboxylic acid groups (broad SMARTS) is 1. The van der Waals surface area contributed by atoms with E-state index in [1.54, 1.807) is 18.3 Å². The SMILES string of the molecule is CC[NH+](Cc1c(CC(=O)[O-])nc2ccc(Cl)cn12)C(C)(C)C. The number of carbonyl (C=O) groups is 1. The molecular formula is C16H22ClN3O2. The first-order valence-corrected chi connectivity index (χ1v) is 7.80. The Morgan fingerprint density at radius 2 is 2.09 bits per heavy atom. The van der Waals surface area contributed by atoms with Gasteiger partial charge in [0.15, 0.2) is 0 Å². The number of carbonyl (C=O) groups excluding carboxylic acids is 1. The quantitative estimate of drug-likeness (QED) is 0.871. The highest BCUT2D eigenvalue weighted by molar-refractivity contribution is 6.30. The lowest BCUT2D eigenvalue weighted by atomic mass is 10.1. The highest BCUT2D eigenvalue weighted by Crippen LogP contribution is 2.17. The van der Waals surface area contributed by atoms with Crippen LogP contribution in [0.4, 0.5) is 0 Å². The second kappa shape index (κ2) is 6.26. The minimum Gasteiger partial charge on any atom is -0.550 e. The molecule has 2 aromatic heterocycles. The van der Waals surface area contributed by atoms with Gasteiger partial charge in [0.05, 0.1) is 22.8 Å². The van der Waals surface area contributed by atoms with Crippen LogP contribution >= 0.6 is 11.6 Å². The summed E-state index contributed by atoms with van der Waals surface area (Å²) in [7, 11) is 0. The molecule has 0 amide bonds. The molecule has 0 aliphatic carbocycles. The predicted octanol–water partition coefficient (Wildman–Crippen LogP) is 0.483. The number of fused-ring (bicyclic) bond motifs is 1. The lowest BCUT2D eigenvalue weighted by Gasteiger charge is -2.31. The van der Waals surface area contributed by atoms with Crippen molar-refractivity contribution in [3.05, 3.63) is 34.7 Å². The number of rotatable bonds is 5. The average molecular weight is 324 g/mol.